The van der Waals surface area contributed by atoms with Gasteiger partial charge in [-0.3, -0.25) is 4.68 Å². The second-order valence-electron chi connectivity index (χ2n) is 7.19. The van der Waals surface area contributed by atoms with Gasteiger partial charge < -0.3 is 20.7 Å². The zero-order valence-corrected chi connectivity index (χ0v) is 14.6. The molecule has 1 amide bonds. The molecular formula is C16H29N5O2. The lowest BCUT2D eigenvalue weighted by molar-refractivity contribution is 0.0256. The predicted molar refractivity (Wildman–Crippen MR) is 89.9 cm³/mol. The Morgan fingerprint density at radius 1 is 1.43 bits per heavy atom. The molecule has 2 rings (SSSR count). The largest absolute Gasteiger partial charge is 0.444 e. The van der Waals surface area contributed by atoms with Gasteiger partial charge in [-0.1, -0.05) is 0 Å². The van der Waals surface area contributed by atoms with Gasteiger partial charge in [0.1, 0.15) is 11.4 Å². The molecule has 0 spiro atoms. The van der Waals surface area contributed by atoms with Gasteiger partial charge in [-0.25, -0.2) is 4.79 Å². The summed E-state index contributed by atoms with van der Waals surface area (Å²) in [6.07, 6.45) is 4.65. The Bertz CT molecular complexity index is 535. The molecule has 3 N–H and O–H groups in total. The van der Waals surface area contributed by atoms with Gasteiger partial charge in [-0.05, 0) is 40.0 Å². The van der Waals surface area contributed by atoms with E-state index in [9.17, 15) is 4.79 Å². The Kier molecular flexibility index (Phi) is 5.51. The molecule has 7 nitrogen and oxygen atoms in total. The number of aryl methyl sites for hydroxylation is 1. The van der Waals surface area contributed by atoms with E-state index in [0.29, 0.717) is 18.4 Å². The quantitative estimate of drug-likeness (QED) is 0.887. The third kappa shape index (κ3) is 5.42. The Hall–Kier alpha value is -1.76. The fourth-order valence-electron chi connectivity index (χ4n) is 2.75. The number of nitrogens with one attached hydrogen (secondary N) is 1. The maximum absolute atomic E-state index is 12.2. The number of anilines is 1. The topological polar surface area (TPSA) is 85.4 Å². The minimum atomic E-state index is -0.446. The smallest absolute Gasteiger partial charge is 0.410 e. The minimum Gasteiger partial charge on any atom is -0.444 e. The highest BCUT2D eigenvalue weighted by atomic mass is 16.6. The molecule has 1 aliphatic rings. The summed E-state index contributed by atoms with van der Waals surface area (Å²) < 4.78 is 7.18. The van der Waals surface area contributed by atoms with E-state index in [2.05, 4.69) is 10.4 Å². The standard InChI is InChI=1S/C16H29N5O2/c1-16(2,3)23-15(22)21-8-5-6-13(7-9-21)18-10-12-11-20(4)19-14(12)17/h11,13,18H,5-10H2,1-4H3,(H2,17,19). The maximum atomic E-state index is 12.2. The average Bonchev–Trinajstić information content (AvgIpc) is 2.63. The number of carbonyl (C=O) groups excluding carboxylic acids is 1. The first-order valence-corrected chi connectivity index (χ1v) is 8.24. The number of nitrogen functional groups attached to an aromatic ring is 1. The van der Waals surface area contributed by atoms with Crippen LogP contribution in [-0.2, 0) is 18.3 Å². The van der Waals surface area contributed by atoms with E-state index in [-0.39, 0.29) is 6.09 Å². The molecule has 1 aromatic rings. The summed E-state index contributed by atoms with van der Waals surface area (Å²) in [6, 6.07) is 0.377. The van der Waals surface area contributed by atoms with Crippen LogP contribution in [0.25, 0.3) is 0 Å². The van der Waals surface area contributed by atoms with Crippen LogP contribution in [-0.4, -0.2) is 45.5 Å². The molecule has 0 saturated carbocycles. The Balaban J connectivity index is 1.82. The van der Waals surface area contributed by atoms with E-state index < -0.39 is 5.60 Å². The van der Waals surface area contributed by atoms with E-state index >= 15 is 0 Å². The van der Waals surface area contributed by atoms with Gasteiger partial charge in [0.2, 0.25) is 0 Å². The zero-order chi connectivity index (χ0) is 17.0. The highest BCUT2D eigenvalue weighted by Gasteiger charge is 2.25. The van der Waals surface area contributed by atoms with Crippen molar-refractivity contribution in [3.8, 4) is 0 Å². The monoisotopic (exact) mass is 323 g/mol. The van der Waals surface area contributed by atoms with E-state index in [1.165, 1.54) is 0 Å². The van der Waals surface area contributed by atoms with Gasteiger partial charge in [0.25, 0.3) is 0 Å². The number of hydrogen-bond acceptors (Lipinski definition) is 5. The van der Waals surface area contributed by atoms with Gasteiger partial charge in [0, 0.05) is 44.5 Å². The van der Waals surface area contributed by atoms with Crippen LogP contribution in [0.5, 0.6) is 0 Å². The molecule has 1 atom stereocenters. The van der Waals surface area contributed by atoms with Gasteiger partial charge in [0.05, 0.1) is 0 Å². The Morgan fingerprint density at radius 2 is 2.17 bits per heavy atom. The van der Waals surface area contributed by atoms with Gasteiger partial charge in [-0.15, -0.1) is 0 Å². The summed E-state index contributed by atoms with van der Waals surface area (Å²) in [5, 5.41) is 7.68. The number of likely N-dealkylation sites (tertiary alicyclic amines) is 1. The van der Waals surface area contributed by atoms with Gasteiger partial charge in [-0.2, -0.15) is 5.10 Å². The van der Waals surface area contributed by atoms with Crippen molar-refractivity contribution in [3.05, 3.63) is 11.8 Å². The van der Waals surface area contributed by atoms with Crippen LogP contribution in [0.2, 0.25) is 0 Å². The highest BCUT2D eigenvalue weighted by molar-refractivity contribution is 5.68. The summed E-state index contributed by atoms with van der Waals surface area (Å²) in [4.78, 5) is 14.0. The summed E-state index contributed by atoms with van der Waals surface area (Å²) in [5.41, 5.74) is 6.44. The highest BCUT2D eigenvalue weighted by Crippen LogP contribution is 2.16. The molecule has 0 aromatic carbocycles. The number of carbonyl (C=O) groups is 1. The molecule has 0 radical (unpaired) electrons. The van der Waals surface area contributed by atoms with Crippen molar-refractivity contribution in [2.75, 3.05) is 18.8 Å². The van der Waals surface area contributed by atoms with Crippen LogP contribution in [0.3, 0.4) is 0 Å². The summed E-state index contributed by atoms with van der Waals surface area (Å²) >= 11 is 0. The lowest BCUT2D eigenvalue weighted by Gasteiger charge is -2.26. The molecule has 2 heterocycles. The number of aromatic nitrogens is 2. The van der Waals surface area contributed by atoms with E-state index in [1.807, 2.05) is 38.9 Å². The van der Waals surface area contributed by atoms with Crippen LogP contribution in [0.15, 0.2) is 6.20 Å². The first-order valence-electron chi connectivity index (χ1n) is 8.24. The third-order valence-corrected chi connectivity index (χ3v) is 3.90. The van der Waals surface area contributed by atoms with E-state index in [4.69, 9.17) is 10.5 Å². The predicted octanol–water partition coefficient (Wildman–Crippen LogP) is 1.88. The molecule has 0 bridgehead atoms. The van der Waals surface area contributed by atoms with Crippen LogP contribution < -0.4 is 11.1 Å². The molecule has 1 fully saturated rings. The maximum Gasteiger partial charge on any atom is 0.410 e. The SMILES string of the molecule is Cn1cc(CNC2CCCN(C(=O)OC(C)(C)C)CC2)c(N)n1. The van der Waals surface area contributed by atoms with Crippen molar-refractivity contribution in [1.82, 2.24) is 20.0 Å². The van der Waals surface area contributed by atoms with Crippen molar-refractivity contribution in [2.45, 2.75) is 58.2 Å². The lowest BCUT2D eigenvalue weighted by Crippen LogP contribution is -2.38. The van der Waals surface area contributed by atoms with E-state index in [0.717, 1.165) is 37.9 Å². The van der Waals surface area contributed by atoms with Crippen molar-refractivity contribution in [1.29, 1.82) is 0 Å². The normalized spacial score (nSPS) is 19.5. The number of nitrogens with two attached hydrogens (primary N) is 1. The molecule has 7 heteroatoms. The van der Waals surface area contributed by atoms with Crippen molar-refractivity contribution in [2.24, 2.45) is 7.05 Å². The van der Waals surface area contributed by atoms with Crippen molar-refractivity contribution in [3.63, 3.8) is 0 Å². The lowest BCUT2D eigenvalue weighted by atomic mass is 10.1. The molecule has 0 aliphatic carbocycles. The summed E-state index contributed by atoms with van der Waals surface area (Å²) in [6.45, 7) is 7.86. The first-order chi connectivity index (χ1) is 10.7. The third-order valence-electron chi connectivity index (χ3n) is 3.90. The number of nitrogens with zero attached hydrogens (tertiary/aromatic N) is 3. The summed E-state index contributed by atoms with van der Waals surface area (Å²) in [5.74, 6) is 0.573. The molecule has 1 aromatic heterocycles. The van der Waals surface area contributed by atoms with Crippen molar-refractivity contribution < 1.29 is 9.53 Å². The second kappa shape index (κ2) is 7.21. The first kappa shape index (κ1) is 17.6. The van der Waals surface area contributed by atoms with Crippen LogP contribution in [0, 0.1) is 0 Å². The average molecular weight is 323 g/mol. The minimum absolute atomic E-state index is 0.213. The number of amides is 1. The second-order valence-corrected chi connectivity index (χ2v) is 7.19. The van der Waals surface area contributed by atoms with Crippen LogP contribution >= 0.6 is 0 Å². The molecule has 1 unspecified atom stereocenters. The molecular weight excluding hydrogens is 294 g/mol. The van der Waals surface area contributed by atoms with Gasteiger partial charge >= 0.3 is 6.09 Å². The van der Waals surface area contributed by atoms with E-state index in [1.54, 1.807) is 4.68 Å². The number of ether oxygens (including phenoxy) is 1. The zero-order valence-electron chi connectivity index (χ0n) is 14.6. The molecule has 1 aliphatic heterocycles. The fraction of sp³-hybridized carbons (Fsp3) is 0.750. The number of hydrogen-bond donors (Lipinski definition) is 2. The Morgan fingerprint density at radius 3 is 2.78 bits per heavy atom. The molecule has 130 valence electrons. The van der Waals surface area contributed by atoms with Crippen LogP contribution in [0.4, 0.5) is 10.6 Å². The van der Waals surface area contributed by atoms with Gasteiger partial charge in [0.15, 0.2) is 0 Å². The molecule has 23 heavy (non-hydrogen) atoms. The summed E-state index contributed by atoms with van der Waals surface area (Å²) in [7, 11) is 1.87. The fourth-order valence-corrected chi connectivity index (χ4v) is 2.75. The molecule has 1 saturated heterocycles. The van der Waals surface area contributed by atoms with Crippen molar-refractivity contribution >= 4 is 11.9 Å². The Labute approximate surface area is 138 Å². The number of rotatable bonds is 3. The van der Waals surface area contributed by atoms with Crippen LogP contribution in [0.1, 0.15) is 45.6 Å².